The highest BCUT2D eigenvalue weighted by Crippen LogP contribution is 2.36. The first-order chi connectivity index (χ1) is 10.7. The summed E-state index contributed by atoms with van der Waals surface area (Å²) >= 11 is 3.58. The standard InChI is InChI=1S/C17H25BrN2O2/c18-14-4-5-16-13(10-14)2-1-3-17(16)20-8-6-19(7-9-20)11-15(22)12-21/h4-5,10,15,17,21-22H,1-3,6-9,11-12H2/t15-,17-/m0/s1. The lowest BCUT2D eigenvalue weighted by molar-refractivity contribution is 0.0288. The summed E-state index contributed by atoms with van der Waals surface area (Å²) in [4.78, 5) is 4.84. The maximum atomic E-state index is 9.57. The molecule has 3 rings (SSSR count). The zero-order chi connectivity index (χ0) is 15.5. The third kappa shape index (κ3) is 3.71. The number of halogens is 1. The van der Waals surface area contributed by atoms with Crippen LogP contribution in [0.2, 0.25) is 0 Å². The summed E-state index contributed by atoms with van der Waals surface area (Å²) in [6, 6.07) is 7.26. The molecule has 2 atom stereocenters. The van der Waals surface area contributed by atoms with Gasteiger partial charge in [-0.2, -0.15) is 0 Å². The van der Waals surface area contributed by atoms with E-state index in [0.29, 0.717) is 12.6 Å². The fourth-order valence-electron chi connectivity index (χ4n) is 3.75. The highest BCUT2D eigenvalue weighted by atomic mass is 79.9. The molecule has 0 radical (unpaired) electrons. The van der Waals surface area contributed by atoms with Crippen LogP contribution in [0.15, 0.2) is 22.7 Å². The van der Waals surface area contributed by atoms with E-state index < -0.39 is 6.10 Å². The SMILES string of the molecule is OC[C@@H](O)CN1CCN([C@H]2CCCc3cc(Br)ccc32)CC1. The molecule has 0 aromatic heterocycles. The van der Waals surface area contributed by atoms with Crippen LogP contribution in [0.4, 0.5) is 0 Å². The van der Waals surface area contributed by atoms with Gasteiger partial charge in [0.05, 0.1) is 12.7 Å². The Bertz CT molecular complexity index is 503. The number of hydrogen-bond acceptors (Lipinski definition) is 4. The van der Waals surface area contributed by atoms with Gasteiger partial charge in [0.2, 0.25) is 0 Å². The van der Waals surface area contributed by atoms with Gasteiger partial charge in [-0.1, -0.05) is 22.0 Å². The van der Waals surface area contributed by atoms with E-state index in [1.165, 1.54) is 34.9 Å². The van der Waals surface area contributed by atoms with Crippen molar-refractivity contribution in [2.75, 3.05) is 39.3 Å². The molecule has 22 heavy (non-hydrogen) atoms. The number of piperazine rings is 1. The number of nitrogens with zero attached hydrogens (tertiary/aromatic N) is 2. The van der Waals surface area contributed by atoms with Crippen LogP contribution in [0.3, 0.4) is 0 Å². The first-order valence-electron chi connectivity index (χ1n) is 8.21. The van der Waals surface area contributed by atoms with Gasteiger partial charge < -0.3 is 10.2 Å². The second kappa shape index (κ2) is 7.41. The largest absolute Gasteiger partial charge is 0.394 e. The molecule has 1 aliphatic carbocycles. The van der Waals surface area contributed by atoms with Crippen molar-refractivity contribution in [1.82, 2.24) is 9.80 Å². The molecule has 2 aliphatic rings. The maximum Gasteiger partial charge on any atom is 0.0897 e. The van der Waals surface area contributed by atoms with E-state index in [4.69, 9.17) is 5.11 Å². The quantitative estimate of drug-likeness (QED) is 0.850. The first kappa shape index (κ1) is 16.4. The van der Waals surface area contributed by atoms with E-state index >= 15 is 0 Å². The van der Waals surface area contributed by atoms with E-state index in [-0.39, 0.29) is 6.61 Å². The molecule has 0 bridgehead atoms. The molecular formula is C17H25BrN2O2. The van der Waals surface area contributed by atoms with Crippen molar-refractivity contribution < 1.29 is 10.2 Å². The Hall–Kier alpha value is -0.460. The lowest BCUT2D eigenvalue weighted by Gasteiger charge is -2.42. The number of rotatable bonds is 4. The summed E-state index contributed by atoms with van der Waals surface area (Å²) < 4.78 is 1.18. The average Bonchev–Trinajstić information content (AvgIpc) is 2.54. The molecule has 122 valence electrons. The number of aryl methyl sites for hydroxylation is 1. The van der Waals surface area contributed by atoms with Crippen LogP contribution in [-0.2, 0) is 6.42 Å². The summed E-state index contributed by atoms with van der Waals surface area (Å²) in [5.41, 5.74) is 2.99. The van der Waals surface area contributed by atoms with Crippen LogP contribution >= 0.6 is 15.9 Å². The van der Waals surface area contributed by atoms with Crippen molar-refractivity contribution in [3.05, 3.63) is 33.8 Å². The minimum atomic E-state index is -0.612. The van der Waals surface area contributed by atoms with Crippen molar-refractivity contribution in [2.24, 2.45) is 0 Å². The Kier molecular flexibility index (Phi) is 5.52. The first-order valence-corrected chi connectivity index (χ1v) is 9.00. The summed E-state index contributed by atoms with van der Waals surface area (Å²) in [7, 11) is 0. The monoisotopic (exact) mass is 368 g/mol. The minimum Gasteiger partial charge on any atom is -0.394 e. The Morgan fingerprint density at radius 1 is 1.23 bits per heavy atom. The summed E-state index contributed by atoms with van der Waals surface area (Å²) in [5.74, 6) is 0. The summed E-state index contributed by atoms with van der Waals surface area (Å²) in [5, 5.41) is 18.5. The second-order valence-electron chi connectivity index (χ2n) is 6.42. The number of hydrogen-bond donors (Lipinski definition) is 2. The topological polar surface area (TPSA) is 46.9 Å². The van der Waals surface area contributed by atoms with Crippen molar-refractivity contribution in [2.45, 2.75) is 31.4 Å². The molecule has 2 N–H and O–H groups in total. The van der Waals surface area contributed by atoms with Crippen molar-refractivity contribution >= 4 is 15.9 Å². The van der Waals surface area contributed by atoms with Crippen LogP contribution in [0, 0.1) is 0 Å². The average molecular weight is 369 g/mol. The molecule has 1 saturated heterocycles. The van der Waals surface area contributed by atoms with E-state index in [2.05, 4.69) is 43.9 Å². The molecule has 1 heterocycles. The van der Waals surface area contributed by atoms with Crippen LogP contribution in [0.5, 0.6) is 0 Å². The normalized spacial score (nSPS) is 25.0. The third-order valence-corrected chi connectivity index (χ3v) is 5.41. The third-order valence-electron chi connectivity index (χ3n) is 4.92. The maximum absolute atomic E-state index is 9.57. The van der Waals surface area contributed by atoms with Gasteiger partial charge in [-0.3, -0.25) is 9.80 Å². The fraction of sp³-hybridized carbons (Fsp3) is 0.647. The lowest BCUT2D eigenvalue weighted by atomic mass is 9.86. The molecule has 0 unspecified atom stereocenters. The summed E-state index contributed by atoms with van der Waals surface area (Å²) in [6.45, 7) is 4.46. The van der Waals surface area contributed by atoms with Crippen molar-refractivity contribution in [3.8, 4) is 0 Å². The van der Waals surface area contributed by atoms with Crippen LogP contribution in [-0.4, -0.2) is 65.4 Å². The number of aliphatic hydroxyl groups is 2. The molecular weight excluding hydrogens is 344 g/mol. The zero-order valence-electron chi connectivity index (χ0n) is 12.9. The minimum absolute atomic E-state index is 0.148. The van der Waals surface area contributed by atoms with Crippen molar-refractivity contribution in [3.63, 3.8) is 0 Å². The number of fused-ring (bicyclic) bond motifs is 1. The second-order valence-corrected chi connectivity index (χ2v) is 7.34. The molecule has 1 aromatic carbocycles. The molecule has 4 nitrogen and oxygen atoms in total. The van der Waals surface area contributed by atoms with Gasteiger partial charge >= 0.3 is 0 Å². The summed E-state index contributed by atoms with van der Waals surface area (Å²) in [6.07, 6.45) is 3.08. The van der Waals surface area contributed by atoms with Gasteiger partial charge in [-0.25, -0.2) is 0 Å². The number of aliphatic hydroxyl groups excluding tert-OH is 2. The van der Waals surface area contributed by atoms with E-state index in [1.807, 2.05) is 0 Å². The lowest BCUT2D eigenvalue weighted by Crippen LogP contribution is -2.50. The predicted molar refractivity (Wildman–Crippen MR) is 90.9 cm³/mol. The Morgan fingerprint density at radius 3 is 2.73 bits per heavy atom. The molecule has 1 fully saturated rings. The van der Waals surface area contributed by atoms with Gasteiger partial charge in [0, 0.05) is 43.2 Å². The van der Waals surface area contributed by atoms with Crippen LogP contribution < -0.4 is 0 Å². The van der Waals surface area contributed by atoms with Crippen LogP contribution in [0.1, 0.15) is 30.0 Å². The fourth-order valence-corrected chi connectivity index (χ4v) is 4.16. The van der Waals surface area contributed by atoms with Gasteiger partial charge in [-0.15, -0.1) is 0 Å². The Labute approximate surface area is 140 Å². The van der Waals surface area contributed by atoms with Crippen LogP contribution in [0.25, 0.3) is 0 Å². The molecule has 0 amide bonds. The zero-order valence-corrected chi connectivity index (χ0v) is 14.5. The van der Waals surface area contributed by atoms with Crippen molar-refractivity contribution in [1.29, 1.82) is 0 Å². The Morgan fingerprint density at radius 2 is 2.00 bits per heavy atom. The molecule has 0 spiro atoms. The number of benzene rings is 1. The van der Waals surface area contributed by atoms with Gasteiger partial charge in [0.25, 0.3) is 0 Å². The van der Waals surface area contributed by atoms with E-state index in [0.717, 1.165) is 26.2 Å². The predicted octanol–water partition coefficient (Wildman–Crippen LogP) is 1.80. The molecule has 5 heteroatoms. The van der Waals surface area contributed by atoms with E-state index in [9.17, 15) is 5.11 Å². The Balaban J connectivity index is 1.63. The molecule has 1 aromatic rings. The van der Waals surface area contributed by atoms with E-state index in [1.54, 1.807) is 0 Å². The smallest absolute Gasteiger partial charge is 0.0897 e. The molecule has 1 aliphatic heterocycles. The van der Waals surface area contributed by atoms with Gasteiger partial charge in [0.15, 0.2) is 0 Å². The number of β-amino-alcohol motifs (C(OH)–C–C–N with tert-alkyl or cyclic N) is 1. The van der Waals surface area contributed by atoms with Gasteiger partial charge in [0.1, 0.15) is 0 Å². The highest BCUT2D eigenvalue weighted by molar-refractivity contribution is 9.10. The highest BCUT2D eigenvalue weighted by Gasteiger charge is 2.29. The van der Waals surface area contributed by atoms with Gasteiger partial charge in [-0.05, 0) is 42.5 Å². The molecule has 0 saturated carbocycles.